The molecule has 0 aliphatic carbocycles. The number of piperidine rings is 1. The third kappa shape index (κ3) is 6.01. The van der Waals surface area contributed by atoms with Gasteiger partial charge in [-0.1, -0.05) is 25.5 Å². The van der Waals surface area contributed by atoms with Gasteiger partial charge in [0.25, 0.3) is 0 Å². The molecule has 1 aromatic carbocycles. The van der Waals surface area contributed by atoms with Gasteiger partial charge in [-0.2, -0.15) is 0 Å². The van der Waals surface area contributed by atoms with E-state index in [1.54, 1.807) is 0 Å². The Hall–Kier alpha value is -0.510. The van der Waals surface area contributed by atoms with Crippen molar-refractivity contribution in [1.29, 1.82) is 0 Å². The number of rotatable bonds is 8. The molecule has 1 aliphatic heterocycles. The second kappa shape index (κ2) is 9.50. The fourth-order valence-corrected chi connectivity index (χ4v) is 3.72. The Balaban J connectivity index is 1.71. The number of nitrogens with zero attached hydrogens (tertiary/aromatic N) is 1. The lowest BCUT2D eigenvalue weighted by molar-refractivity contribution is 0.242. The molecule has 1 atom stereocenters. The summed E-state index contributed by atoms with van der Waals surface area (Å²) in [6.45, 7) is 9.39. The lowest BCUT2D eigenvalue weighted by atomic mass is 10.1. The molecule has 0 aromatic heterocycles. The minimum atomic E-state index is 0.456. The van der Waals surface area contributed by atoms with Gasteiger partial charge in [0.15, 0.2) is 0 Å². The van der Waals surface area contributed by atoms with Crippen molar-refractivity contribution < 1.29 is 0 Å². The third-order valence-corrected chi connectivity index (χ3v) is 5.20. The maximum atomic E-state index is 3.54. The molecule has 1 heterocycles. The summed E-state index contributed by atoms with van der Waals surface area (Å²) in [5.74, 6) is 1.21. The summed E-state index contributed by atoms with van der Waals surface area (Å²) in [4.78, 5) is 4.01. The van der Waals surface area contributed by atoms with E-state index >= 15 is 0 Å². The van der Waals surface area contributed by atoms with Crippen molar-refractivity contribution in [1.82, 2.24) is 10.2 Å². The number of nitrogens with one attached hydrogen (secondary N) is 1. The number of hydrogen-bond donors (Lipinski definition) is 1. The first kappa shape index (κ1) is 16.9. The molecule has 21 heavy (non-hydrogen) atoms. The van der Waals surface area contributed by atoms with Gasteiger partial charge in [0.05, 0.1) is 0 Å². The molecule has 118 valence electrons. The van der Waals surface area contributed by atoms with E-state index in [1.807, 2.05) is 11.8 Å². The van der Waals surface area contributed by atoms with Crippen molar-refractivity contribution in [3.8, 4) is 0 Å². The molecule has 0 radical (unpaired) electrons. The van der Waals surface area contributed by atoms with Gasteiger partial charge in [0.1, 0.15) is 0 Å². The molecule has 1 saturated heterocycles. The van der Waals surface area contributed by atoms with Crippen LogP contribution in [0.1, 0.15) is 51.1 Å². The summed E-state index contributed by atoms with van der Waals surface area (Å²) >= 11 is 1.99. The molecule has 0 spiro atoms. The minimum Gasteiger partial charge on any atom is -0.310 e. The molecule has 1 unspecified atom stereocenters. The lowest BCUT2D eigenvalue weighted by Gasteiger charge is -2.26. The van der Waals surface area contributed by atoms with Gasteiger partial charge >= 0.3 is 0 Å². The van der Waals surface area contributed by atoms with Gasteiger partial charge in [-0.25, -0.2) is 0 Å². The minimum absolute atomic E-state index is 0.456. The van der Waals surface area contributed by atoms with Crippen LogP contribution >= 0.6 is 11.8 Å². The van der Waals surface area contributed by atoms with Crippen LogP contribution in [0.4, 0.5) is 0 Å². The second-order valence-corrected chi connectivity index (χ2v) is 7.16. The molecule has 2 rings (SSSR count). The molecule has 0 saturated carbocycles. The van der Waals surface area contributed by atoms with Crippen LogP contribution in [-0.4, -0.2) is 36.8 Å². The molecule has 2 nitrogen and oxygen atoms in total. The topological polar surface area (TPSA) is 15.3 Å². The SMILES string of the molecule is CCCNC(C)c1ccc(SCCN2CCCCC2)cc1. The van der Waals surface area contributed by atoms with Crippen LogP contribution in [0.5, 0.6) is 0 Å². The second-order valence-electron chi connectivity index (χ2n) is 6.00. The Kier molecular flexibility index (Phi) is 7.62. The first-order valence-corrected chi connectivity index (χ1v) is 9.46. The van der Waals surface area contributed by atoms with Crippen molar-refractivity contribution in [3.63, 3.8) is 0 Å². The molecule has 1 aliphatic rings. The van der Waals surface area contributed by atoms with Crippen LogP contribution in [0.25, 0.3) is 0 Å². The van der Waals surface area contributed by atoms with E-state index < -0.39 is 0 Å². The maximum absolute atomic E-state index is 3.54. The predicted octanol–water partition coefficient (Wildman–Crippen LogP) is 4.33. The highest BCUT2D eigenvalue weighted by Gasteiger charge is 2.09. The number of hydrogen-bond acceptors (Lipinski definition) is 3. The highest BCUT2D eigenvalue weighted by Crippen LogP contribution is 2.21. The van der Waals surface area contributed by atoms with Gasteiger partial charge in [-0.3, -0.25) is 0 Å². The van der Waals surface area contributed by atoms with Crippen molar-refractivity contribution in [2.75, 3.05) is 31.9 Å². The normalized spacial score (nSPS) is 17.8. The molecule has 1 N–H and O–H groups in total. The average molecular weight is 307 g/mol. The van der Waals surface area contributed by atoms with Crippen LogP contribution in [0.3, 0.4) is 0 Å². The summed E-state index contributed by atoms with van der Waals surface area (Å²) < 4.78 is 0. The molecular formula is C18H30N2S. The first-order chi connectivity index (χ1) is 10.3. The highest BCUT2D eigenvalue weighted by molar-refractivity contribution is 7.99. The number of benzene rings is 1. The van der Waals surface area contributed by atoms with Crippen molar-refractivity contribution in [3.05, 3.63) is 29.8 Å². The standard InChI is InChI=1S/C18H30N2S/c1-3-11-19-16(2)17-7-9-18(10-8-17)21-15-14-20-12-5-4-6-13-20/h7-10,16,19H,3-6,11-15H2,1-2H3. The van der Waals surface area contributed by atoms with Gasteiger partial charge in [0.2, 0.25) is 0 Å². The first-order valence-electron chi connectivity index (χ1n) is 8.48. The van der Waals surface area contributed by atoms with E-state index in [9.17, 15) is 0 Å². The van der Waals surface area contributed by atoms with Crippen LogP contribution in [0, 0.1) is 0 Å². The van der Waals surface area contributed by atoms with Gasteiger partial charge in [-0.05, 0) is 63.5 Å². The Bertz CT molecular complexity index is 385. The maximum Gasteiger partial charge on any atom is 0.0291 e. The zero-order valence-corrected chi connectivity index (χ0v) is 14.4. The van der Waals surface area contributed by atoms with Crippen LogP contribution in [0.2, 0.25) is 0 Å². The van der Waals surface area contributed by atoms with E-state index in [0.717, 1.165) is 6.54 Å². The quantitative estimate of drug-likeness (QED) is 0.720. The summed E-state index contributed by atoms with van der Waals surface area (Å²) in [6.07, 6.45) is 5.40. The summed E-state index contributed by atoms with van der Waals surface area (Å²) in [6, 6.07) is 9.56. The number of thioether (sulfide) groups is 1. The van der Waals surface area contributed by atoms with E-state index in [1.165, 1.54) is 61.5 Å². The molecule has 3 heteroatoms. The molecule has 1 fully saturated rings. The smallest absolute Gasteiger partial charge is 0.0291 e. The molecular weight excluding hydrogens is 276 g/mol. The van der Waals surface area contributed by atoms with Gasteiger partial charge in [0, 0.05) is 23.2 Å². The van der Waals surface area contributed by atoms with Crippen molar-refractivity contribution in [2.45, 2.75) is 50.5 Å². The van der Waals surface area contributed by atoms with Crippen molar-refractivity contribution >= 4 is 11.8 Å². The predicted molar refractivity (Wildman–Crippen MR) is 94.2 cm³/mol. The van der Waals surface area contributed by atoms with Crippen molar-refractivity contribution in [2.24, 2.45) is 0 Å². The van der Waals surface area contributed by atoms with E-state index in [0.29, 0.717) is 6.04 Å². The summed E-state index contributed by atoms with van der Waals surface area (Å²) in [5.41, 5.74) is 1.39. The largest absolute Gasteiger partial charge is 0.310 e. The monoisotopic (exact) mass is 306 g/mol. The average Bonchev–Trinajstić information content (AvgIpc) is 2.54. The molecule has 0 bridgehead atoms. The molecule has 0 amide bonds. The van der Waals surface area contributed by atoms with Gasteiger partial charge in [-0.15, -0.1) is 11.8 Å². The number of likely N-dealkylation sites (tertiary alicyclic amines) is 1. The zero-order chi connectivity index (χ0) is 14.9. The summed E-state index contributed by atoms with van der Waals surface area (Å²) in [5, 5.41) is 3.54. The molecule has 1 aromatic rings. The van der Waals surface area contributed by atoms with E-state index in [-0.39, 0.29) is 0 Å². The lowest BCUT2D eigenvalue weighted by Crippen LogP contribution is -2.31. The Morgan fingerprint density at radius 1 is 1.14 bits per heavy atom. The highest BCUT2D eigenvalue weighted by atomic mass is 32.2. The van der Waals surface area contributed by atoms with E-state index in [4.69, 9.17) is 0 Å². The van der Waals surface area contributed by atoms with Crippen LogP contribution < -0.4 is 5.32 Å². The third-order valence-electron chi connectivity index (χ3n) is 4.21. The van der Waals surface area contributed by atoms with Gasteiger partial charge < -0.3 is 10.2 Å². The zero-order valence-electron chi connectivity index (χ0n) is 13.6. The summed E-state index contributed by atoms with van der Waals surface area (Å²) in [7, 11) is 0. The Labute approximate surface area is 134 Å². The van der Waals surface area contributed by atoms with Crippen LogP contribution in [-0.2, 0) is 0 Å². The van der Waals surface area contributed by atoms with E-state index in [2.05, 4.69) is 48.3 Å². The van der Waals surface area contributed by atoms with Crippen LogP contribution in [0.15, 0.2) is 29.2 Å². The fourth-order valence-electron chi connectivity index (χ4n) is 2.81. The fraction of sp³-hybridized carbons (Fsp3) is 0.667. The Morgan fingerprint density at radius 3 is 2.52 bits per heavy atom. The Morgan fingerprint density at radius 2 is 1.86 bits per heavy atom.